The normalized spacial score (nSPS) is 10.3. The maximum atomic E-state index is 13.5. The molecule has 0 atom stereocenters. The second-order valence-electron chi connectivity index (χ2n) is 6.22. The van der Waals surface area contributed by atoms with Crippen LogP contribution in [0.1, 0.15) is 28.8 Å². The van der Waals surface area contributed by atoms with E-state index >= 15 is 0 Å². The molecule has 0 aliphatic heterocycles. The topological polar surface area (TPSA) is 115 Å². The molecule has 1 aromatic heterocycles. The summed E-state index contributed by atoms with van der Waals surface area (Å²) in [5.74, 6) is -5.97. The summed E-state index contributed by atoms with van der Waals surface area (Å²) in [5, 5.41) is 13.4. The summed E-state index contributed by atoms with van der Waals surface area (Å²) < 4.78 is 39.6. The Morgan fingerprint density at radius 3 is 2.48 bits per heavy atom. The van der Waals surface area contributed by atoms with Crippen LogP contribution in [-0.2, 0) is 16.0 Å². The van der Waals surface area contributed by atoms with Gasteiger partial charge < -0.3 is 15.6 Å². The molecule has 2 rings (SSSR count). The Morgan fingerprint density at radius 1 is 1.14 bits per heavy atom. The van der Waals surface area contributed by atoms with Gasteiger partial charge in [-0.05, 0) is 43.5 Å². The fourth-order valence-corrected chi connectivity index (χ4v) is 2.74. The van der Waals surface area contributed by atoms with E-state index in [1.165, 1.54) is 0 Å². The van der Waals surface area contributed by atoms with Gasteiger partial charge in [0.15, 0.2) is 17.5 Å². The van der Waals surface area contributed by atoms with E-state index in [4.69, 9.17) is 5.26 Å². The van der Waals surface area contributed by atoms with Crippen LogP contribution in [0.5, 0.6) is 0 Å². The molecule has 2 aromatic rings. The van der Waals surface area contributed by atoms with Crippen LogP contribution in [-0.4, -0.2) is 23.3 Å². The van der Waals surface area contributed by atoms with Crippen LogP contribution in [0.15, 0.2) is 16.9 Å². The lowest BCUT2D eigenvalue weighted by Crippen LogP contribution is -2.33. The number of aryl methyl sites for hydroxylation is 1. The molecule has 1 aromatic carbocycles. The lowest BCUT2D eigenvalue weighted by Gasteiger charge is -2.11. The molecule has 3 N–H and O–H groups in total. The van der Waals surface area contributed by atoms with Crippen molar-refractivity contribution in [3.8, 4) is 6.07 Å². The van der Waals surface area contributed by atoms with Crippen molar-refractivity contribution in [1.82, 2.24) is 10.3 Å². The average Bonchev–Trinajstić information content (AvgIpc) is 2.66. The summed E-state index contributed by atoms with van der Waals surface area (Å²) in [6.07, 6.45) is 0.180. The highest BCUT2D eigenvalue weighted by atomic mass is 19.2. The molecule has 0 fully saturated rings. The van der Waals surface area contributed by atoms with Gasteiger partial charge in [0.2, 0.25) is 11.8 Å². The predicted octanol–water partition coefficient (Wildman–Crippen LogP) is 1.97. The van der Waals surface area contributed by atoms with Gasteiger partial charge in [0.1, 0.15) is 11.6 Å². The molecule has 0 radical (unpaired) electrons. The van der Waals surface area contributed by atoms with Crippen molar-refractivity contribution in [2.45, 2.75) is 26.7 Å². The van der Waals surface area contributed by atoms with E-state index in [0.717, 1.165) is 6.07 Å². The molecule has 1 heterocycles. The molecule has 10 heteroatoms. The highest BCUT2D eigenvalue weighted by Crippen LogP contribution is 2.19. The van der Waals surface area contributed by atoms with Gasteiger partial charge in [-0.25, -0.2) is 13.2 Å². The second kappa shape index (κ2) is 9.05. The summed E-state index contributed by atoms with van der Waals surface area (Å²) >= 11 is 0. The molecular formula is C19H17F3N4O3. The Labute approximate surface area is 163 Å². The number of nitrogens with one attached hydrogen (secondary N) is 3. The number of anilines is 1. The molecule has 7 nitrogen and oxygen atoms in total. The van der Waals surface area contributed by atoms with Crippen LogP contribution < -0.4 is 16.2 Å². The van der Waals surface area contributed by atoms with Gasteiger partial charge in [-0.1, -0.05) is 0 Å². The van der Waals surface area contributed by atoms with Gasteiger partial charge in [0.25, 0.3) is 5.56 Å². The first-order chi connectivity index (χ1) is 13.6. The third kappa shape index (κ3) is 5.01. The number of rotatable bonds is 6. The zero-order valence-electron chi connectivity index (χ0n) is 15.6. The first-order valence-corrected chi connectivity index (χ1v) is 8.48. The monoisotopic (exact) mass is 406 g/mol. The van der Waals surface area contributed by atoms with Gasteiger partial charge >= 0.3 is 0 Å². The van der Waals surface area contributed by atoms with Crippen LogP contribution in [0, 0.1) is 42.6 Å². The number of halogens is 3. The first-order valence-electron chi connectivity index (χ1n) is 8.48. The van der Waals surface area contributed by atoms with Crippen molar-refractivity contribution in [2.75, 3.05) is 11.9 Å². The van der Waals surface area contributed by atoms with E-state index in [0.29, 0.717) is 22.9 Å². The van der Waals surface area contributed by atoms with Crippen molar-refractivity contribution in [3.05, 3.63) is 62.3 Å². The van der Waals surface area contributed by atoms with Crippen LogP contribution in [0.4, 0.5) is 18.9 Å². The number of amides is 2. The van der Waals surface area contributed by atoms with Crippen molar-refractivity contribution in [3.63, 3.8) is 0 Å². The molecule has 0 saturated heterocycles. The minimum absolute atomic E-state index is 0.0288. The third-order valence-electron chi connectivity index (χ3n) is 4.28. The number of hydrogen-bond donors (Lipinski definition) is 3. The standard InChI is InChI=1S/C19H17F3N4O3/c1-9-11(10(2)25-19(29)12(9)7-23)3-6-15(27)24-8-16(28)26-14-5-4-13(20)17(21)18(14)22/h4-5H,3,6,8H2,1-2H3,(H,24,27)(H,25,29)(H,26,28). The van der Waals surface area contributed by atoms with Crippen LogP contribution in [0.3, 0.4) is 0 Å². The largest absolute Gasteiger partial charge is 0.347 e. The Balaban J connectivity index is 1.93. The van der Waals surface area contributed by atoms with Gasteiger partial charge in [-0.2, -0.15) is 5.26 Å². The van der Waals surface area contributed by atoms with Gasteiger partial charge in [-0.3, -0.25) is 14.4 Å². The van der Waals surface area contributed by atoms with Gasteiger partial charge in [-0.15, -0.1) is 0 Å². The minimum atomic E-state index is -1.71. The maximum Gasteiger partial charge on any atom is 0.266 e. The van der Waals surface area contributed by atoms with E-state index in [9.17, 15) is 27.6 Å². The zero-order chi connectivity index (χ0) is 21.7. The molecule has 29 heavy (non-hydrogen) atoms. The number of nitriles is 1. The van der Waals surface area contributed by atoms with Crippen molar-refractivity contribution < 1.29 is 22.8 Å². The predicted molar refractivity (Wildman–Crippen MR) is 97.5 cm³/mol. The number of carbonyl (C=O) groups is 2. The van der Waals surface area contributed by atoms with E-state index in [2.05, 4.69) is 10.3 Å². The smallest absolute Gasteiger partial charge is 0.266 e. The lowest BCUT2D eigenvalue weighted by atomic mass is 9.99. The van der Waals surface area contributed by atoms with E-state index in [1.54, 1.807) is 13.8 Å². The molecule has 0 bridgehead atoms. The highest BCUT2D eigenvalue weighted by molar-refractivity contribution is 5.94. The second-order valence-corrected chi connectivity index (χ2v) is 6.22. The molecule has 2 amide bonds. The van der Waals surface area contributed by atoms with Gasteiger partial charge in [0, 0.05) is 12.1 Å². The molecule has 152 valence electrons. The Hall–Kier alpha value is -3.61. The number of aromatic amines is 1. The number of pyridine rings is 1. The maximum absolute atomic E-state index is 13.5. The Kier molecular flexibility index (Phi) is 6.77. The molecule has 0 spiro atoms. The number of aromatic nitrogens is 1. The van der Waals surface area contributed by atoms with Crippen LogP contribution >= 0.6 is 0 Å². The average molecular weight is 406 g/mol. The molecule has 0 aliphatic rings. The number of nitrogens with zero attached hydrogens (tertiary/aromatic N) is 1. The zero-order valence-corrected chi connectivity index (χ0v) is 15.6. The first kappa shape index (κ1) is 21.7. The number of H-pyrrole nitrogens is 1. The van der Waals surface area contributed by atoms with E-state index in [-0.39, 0.29) is 18.4 Å². The number of benzene rings is 1. The van der Waals surface area contributed by atoms with Crippen molar-refractivity contribution in [1.29, 1.82) is 5.26 Å². The van der Waals surface area contributed by atoms with Crippen molar-refractivity contribution >= 4 is 17.5 Å². The summed E-state index contributed by atoms with van der Waals surface area (Å²) in [6.45, 7) is 2.74. The van der Waals surface area contributed by atoms with E-state index < -0.39 is 47.1 Å². The molecular weight excluding hydrogens is 389 g/mol. The summed E-state index contributed by atoms with van der Waals surface area (Å²) in [5.41, 5.74) is 0.575. The lowest BCUT2D eigenvalue weighted by molar-refractivity contribution is -0.124. The quantitative estimate of drug-likeness (QED) is 0.636. The number of hydrogen-bond acceptors (Lipinski definition) is 4. The minimum Gasteiger partial charge on any atom is -0.347 e. The number of carbonyl (C=O) groups excluding carboxylic acids is 2. The fraction of sp³-hybridized carbons (Fsp3) is 0.263. The van der Waals surface area contributed by atoms with Gasteiger partial charge in [0.05, 0.1) is 12.2 Å². The summed E-state index contributed by atoms with van der Waals surface area (Å²) in [4.78, 5) is 38.0. The molecule has 0 unspecified atom stereocenters. The SMILES string of the molecule is Cc1[nH]c(=O)c(C#N)c(C)c1CCC(=O)NCC(=O)Nc1ccc(F)c(F)c1F. The Bertz CT molecular complexity index is 1070. The third-order valence-corrected chi connectivity index (χ3v) is 4.28. The summed E-state index contributed by atoms with van der Waals surface area (Å²) in [6, 6.07) is 3.34. The fourth-order valence-electron chi connectivity index (χ4n) is 2.74. The highest BCUT2D eigenvalue weighted by Gasteiger charge is 2.16. The molecule has 0 aliphatic carbocycles. The summed E-state index contributed by atoms with van der Waals surface area (Å²) in [7, 11) is 0. The van der Waals surface area contributed by atoms with Crippen LogP contribution in [0.2, 0.25) is 0 Å². The Morgan fingerprint density at radius 2 is 1.83 bits per heavy atom. The van der Waals surface area contributed by atoms with Crippen LogP contribution in [0.25, 0.3) is 0 Å². The van der Waals surface area contributed by atoms with Crippen molar-refractivity contribution in [2.24, 2.45) is 0 Å². The molecule has 0 saturated carbocycles. The van der Waals surface area contributed by atoms with E-state index in [1.807, 2.05) is 11.4 Å².